The van der Waals surface area contributed by atoms with Crippen LogP contribution in [-0.2, 0) is 4.79 Å². The Morgan fingerprint density at radius 2 is 0.537 bits per heavy atom. The van der Waals surface area contributed by atoms with Crippen LogP contribution >= 0.6 is 0 Å². The first-order valence-corrected chi connectivity index (χ1v) is 35.0. The maximum atomic E-state index is 12.5. The van der Waals surface area contributed by atoms with Crippen LogP contribution in [0.2, 0.25) is 0 Å². The number of unbranched alkanes of at least 4 members (excludes halogenated alkanes) is 34. The van der Waals surface area contributed by atoms with E-state index in [1.165, 1.54) is 193 Å². The Balaban J connectivity index is 3.60. The van der Waals surface area contributed by atoms with Crippen molar-refractivity contribution in [3.05, 3.63) is 146 Å². The van der Waals surface area contributed by atoms with Crippen LogP contribution in [0.15, 0.2) is 146 Å². The molecule has 0 aromatic heterocycles. The highest BCUT2D eigenvalue weighted by molar-refractivity contribution is 5.76. The Bertz CT molecular complexity index is 1670. The Morgan fingerprint density at radius 3 is 0.805 bits per heavy atom. The van der Waals surface area contributed by atoms with Gasteiger partial charge in [0.2, 0.25) is 5.91 Å². The molecule has 2 unspecified atom stereocenters. The molecule has 0 fully saturated rings. The van der Waals surface area contributed by atoms with Crippen molar-refractivity contribution in [1.29, 1.82) is 0 Å². The largest absolute Gasteiger partial charge is 0.394 e. The second-order valence-electron chi connectivity index (χ2n) is 23.2. The average Bonchev–Trinajstić information content (AvgIpc) is 3.50. The van der Waals surface area contributed by atoms with Gasteiger partial charge in [-0.05, 0) is 103 Å². The topological polar surface area (TPSA) is 69.6 Å². The summed E-state index contributed by atoms with van der Waals surface area (Å²) in [5.41, 5.74) is 0. The first-order chi connectivity index (χ1) is 40.7. The minimum Gasteiger partial charge on any atom is -0.394 e. The van der Waals surface area contributed by atoms with E-state index in [4.69, 9.17) is 0 Å². The quantitative estimate of drug-likeness (QED) is 0.0420. The molecule has 3 N–H and O–H groups in total. The van der Waals surface area contributed by atoms with Crippen molar-refractivity contribution in [2.75, 3.05) is 6.61 Å². The van der Waals surface area contributed by atoms with Crippen LogP contribution in [-0.4, -0.2) is 34.9 Å². The molecule has 0 radical (unpaired) electrons. The van der Waals surface area contributed by atoms with Gasteiger partial charge in [-0.25, -0.2) is 0 Å². The van der Waals surface area contributed by atoms with Gasteiger partial charge in [0.15, 0.2) is 0 Å². The number of hydrogen-bond acceptors (Lipinski definition) is 3. The number of carbonyl (C=O) groups is 1. The van der Waals surface area contributed by atoms with E-state index in [0.717, 1.165) is 109 Å². The first kappa shape index (κ1) is 78.3. The van der Waals surface area contributed by atoms with E-state index in [-0.39, 0.29) is 12.5 Å². The summed E-state index contributed by atoms with van der Waals surface area (Å²) in [5, 5.41) is 23.3. The third-order valence-corrected chi connectivity index (χ3v) is 15.3. The highest BCUT2D eigenvalue weighted by Gasteiger charge is 2.18. The predicted molar refractivity (Wildman–Crippen MR) is 368 cm³/mol. The molecular weight excluding hydrogens is 999 g/mol. The Morgan fingerprint density at radius 1 is 0.305 bits per heavy atom. The van der Waals surface area contributed by atoms with Gasteiger partial charge in [-0.1, -0.05) is 359 Å². The molecule has 2 atom stereocenters. The molecule has 0 aromatic rings. The Kier molecular flexibility index (Phi) is 68.3. The maximum Gasteiger partial charge on any atom is 0.220 e. The van der Waals surface area contributed by atoms with Gasteiger partial charge in [-0.15, -0.1) is 0 Å². The van der Waals surface area contributed by atoms with Crippen molar-refractivity contribution in [1.82, 2.24) is 5.32 Å². The lowest BCUT2D eigenvalue weighted by Gasteiger charge is -2.20. The van der Waals surface area contributed by atoms with Crippen LogP contribution in [0.1, 0.15) is 322 Å². The van der Waals surface area contributed by atoms with Crippen molar-refractivity contribution in [2.45, 2.75) is 334 Å². The van der Waals surface area contributed by atoms with Crippen LogP contribution in [0.5, 0.6) is 0 Å². The molecule has 82 heavy (non-hydrogen) atoms. The number of allylic oxidation sites excluding steroid dienone is 23. The molecule has 0 heterocycles. The number of aliphatic hydroxyl groups excluding tert-OH is 2. The fourth-order valence-corrected chi connectivity index (χ4v) is 10.1. The lowest BCUT2D eigenvalue weighted by Crippen LogP contribution is -2.45. The minimum absolute atomic E-state index is 0.0851. The minimum atomic E-state index is -0.860. The zero-order valence-corrected chi connectivity index (χ0v) is 54.0. The van der Waals surface area contributed by atoms with Gasteiger partial charge >= 0.3 is 0 Å². The van der Waals surface area contributed by atoms with E-state index in [1.54, 1.807) is 6.08 Å². The molecule has 0 aliphatic heterocycles. The number of rotatable bonds is 63. The van der Waals surface area contributed by atoms with Gasteiger partial charge in [0, 0.05) is 6.42 Å². The maximum absolute atomic E-state index is 12.5. The molecule has 0 bridgehead atoms. The molecule has 4 heteroatoms. The van der Waals surface area contributed by atoms with Gasteiger partial charge in [0.1, 0.15) is 0 Å². The van der Waals surface area contributed by atoms with Crippen molar-refractivity contribution < 1.29 is 15.0 Å². The van der Waals surface area contributed by atoms with Crippen molar-refractivity contribution >= 4 is 5.91 Å². The molecule has 0 spiro atoms. The average molecular weight is 1130 g/mol. The number of aliphatic hydroxyl groups is 2. The van der Waals surface area contributed by atoms with Gasteiger partial charge in [-0.2, -0.15) is 0 Å². The van der Waals surface area contributed by atoms with Gasteiger partial charge in [0.25, 0.3) is 0 Å². The van der Waals surface area contributed by atoms with Crippen molar-refractivity contribution in [2.24, 2.45) is 0 Å². The monoisotopic (exact) mass is 1130 g/mol. The van der Waals surface area contributed by atoms with E-state index in [1.807, 2.05) is 6.08 Å². The van der Waals surface area contributed by atoms with E-state index in [9.17, 15) is 15.0 Å². The summed E-state index contributed by atoms with van der Waals surface area (Å²) in [4.78, 5) is 12.5. The van der Waals surface area contributed by atoms with Crippen LogP contribution in [0.4, 0.5) is 0 Å². The van der Waals surface area contributed by atoms with Crippen LogP contribution in [0.25, 0.3) is 0 Å². The number of hydrogen-bond donors (Lipinski definition) is 3. The normalized spacial score (nSPS) is 13.7. The lowest BCUT2D eigenvalue weighted by molar-refractivity contribution is -0.123. The number of amides is 1. The highest BCUT2D eigenvalue weighted by atomic mass is 16.3. The van der Waals surface area contributed by atoms with Gasteiger partial charge in [-0.3, -0.25) is 4.79 Å². The fraction of sp³-hybridized carbons (Fsp3) is 0.679. The summed E-state index contributed by atoms with van der Waals surface area (Å²) in [6.45, 7) is 4.21. The van der Waals surface area contributed by atoms with Crippen molar-refractivity contribution in [3.63, 3.8) is 0 Å². The van der Waals surface area contributed by atoms with E-state index < -0.39 is 12.1 Å². The molecule has 0 saturated carbocycles. The SMILES string of the molecule is CC/C=C\C/C=C\C/C=C\C/C=C\C/C=C\C/C=C\C/C=C\C/C=C\C/C=C\C/C=C\C/C=C\CCCCCCCC(=O)NC(CO)C(O)/C=C/CCCCCCCCCCCCCCCCCCCCCCCCCCCCCCC. The summed E-state index contributed by atoms with van der Waals surface area (Å²) < 4.78 is 0. The molecule has 0 aromatic carbocycles. The smallest absolute Gasteiger partial charge is 0.220 e. The molecule has 0 aliphatic carbocycles. The molecule has 1 amide bonds. The second-order valence-corrected chi connectivity index (χ2v) is 23.2. The third kappa shape index (κ3) is 67.1. The van der Waals surface area contributed by atoms with Crippen LogP contribution < -0.4 is 5.32 Å². The fourth-order valence-electron chi connectivity index (χ4n) is 10.1. The first-order valence-electron chi connectivity index (χ1n) is 35.0. The Hall–Kier alpha value is -3.73. The summed E-state index contributed by atoms with van der Waals surface area (Å²) in [7, 11) is 0. The van der Waals surface area contributed by atoms with Crippen molar-refractivity contribution in [3.8, 4) is 0 Å². The highest BCUT2D eigenvalue weighted by Crippen LogP contribution is 2.17. The zero-order valence-electron chi connectivity index (χ0n) is 54.0. The van der Waals surface area contributed by atoms with E-state index in [2.05, 4.69) is 153 Å². The lowest BCUT2D eigenvalue weighted by atomic mass is 10.0. The summed E-state index contributed by atoms with van der Waals surface area (Å²) in [5.74, 6) is -0.0851. The summed E-state index contributed by atoms with van der Waals surface area (Å²) in [6.07, 6.45) is 112. The molecular formula is C78H133NO3. The van der Waals surface area contributed by atoms with Gasteiger partial charge < -0.3 is 15.5 Å². The zero-order chi connectivity index (χ0) is 59.1. The Labute approximate surface area is 510 Å². The number of nitrogens with one attached hydrogen (secondary N) is 1. The van der Waals surface area contributed by atoms with Crippen LogP contribution in [0.3, 0.4) is 0 Å². The molecule has 0 aliphatic rings. The van der Waals surface area contributed by atoms with E-state index in [0.29, 0.717) is 6.42 Å². The molecule has 468 valence electrons. The standard InChI is InChI=1S/C78H133NO3/c1-3-5-7-9-11-13-15-17-19-21-23-25-27-29-31-33-35-36-37-38-39-40-41-42-44-46-48-50-52-54-56-58-60-62-64-66-68-70-72-74-78(82)79-76(75-80)77(81)73-71-69-67-65-63-61-59-57-55-53-51-49-47-45-43-34-32-30-28-26-24-22-20-18-16-14-12-10-8-6-4-2/h5,7,11,13,17,19,23,25,29,31,35-36,38-39,41-42,46,48,52,54,58,60,71,73,76-77,80-81H,3-4,6,8-10,12,14-16,18,20-22,24,26-28,30,32-34,37,40,43-45,47,49-51,53,55-57,59,61-70,72,74-75H2,1-2H3,(H,79,82)/b7-5-,13-11-,19-17-,25-23-,31-29-,36-35-,39-38-,42-41-,48-46-,54-52-,60-58-,73-71+. The summed E-state index contributed by atoms with van der Waals surface area (Å²) in [6, 6.07) is -0.646. The molecule has 4 nitrogen and oxygen atoms in total. The third-order valence-electron chi connectivity index (χ3n) is 15.3. The molecule has 0 rings (SSSR count). The van der Waals surface area contributed by atoms with E-state index >= 15 is 0 Å². The van der Waals surface area contributed by atoms with Gasteiger partial charge in [0.05, 0.1) is 18.8 Å². The summed E-state index contributed by atoms with van der Waals surface area (Å²) >= 11 is 0. The van der Waals surface area contributed by atoms with Crippen LogP contribution in [0, 0.1) is 0 Å². The molecule has 0 saturated heterocycles. The predicted octanol–water partition coefficient (Wildman–Crippen LogP) is 24.3. The number of carbonyl (C=O) groups excluding carboxylic acids is 1. The second kappa shape index (κ2) is 71.5.